The number of rotatable bonds is 5. The Morgan fingerprint density at radius 3 is 2.42 bits per heavy atom. The highest BCUT2D eigenvalue weighted by molar-refractivity contribution is 7.92. The van der Waals surface area contributed by atoms with Gasteiger partial charge in [-0.1, -0.05) is 11.6 Å². The molecular weight excluding hydrogens is 382 g/mol. The Bertz CT molecular complexity index is 913. The van der Waals surface area contributed by atoms with Crippen LogP contribution in [-0.2, 0) is 19.6 Å². The summed E-state index contributed by atoms with van der Waals surface area (Å²) in [6.45, 7) is 0.257. The Morgan fingerprint density at radius 2 is 1.77 bits per heavy atom. The minimum atomic E-state index is -4.05. The van der Waals surface area contributed by atoms with Gasteiger partial charge in [-0.3, -0.25) is 9.10 Å². The summed E-state index contributed by atoms with van der Waals surface area (Å²) >= 11 is 5.87. The zero-order valence-electron chi connectivity index (χ0n) is 13.8. The van der Waals surface area contributed by atoms with Gasteiger partial charge in [0, 0.05) is 11.1 Å². The van der Waals surface area contributed by atoms with Crippen molar-refractivity contribution in [1.82, 2.24) is 0 Å². The minimum Gasteiger partial charge on any atom is -0.486 e. The van der Waals surface area contributed by atoms with Crippen LogP contribution in [-0.4, -0.2) is 41.3 Å². The van der Waals surface area contributed by atoms with E-state index in [1.807, 2.05) is 0 Å². The third-order valence-electron chi connectivity index (χ3n) is 3.72. The number of fused-ring (bicyclic) bond motifs is 1. The number of halogens is 1. The molecule has 3 rings (SSSR count). The molecule has 0 aromatic heterocycles. The van der Waals surface area contributed by atoms with Crippen molar-refractivity contribution in [2.45, 2.75) is 4.90 Å². The largest absolute Gasteiger partial charge is 0.486 e. The van der Waals surface area contributed by atoms with Crippen molar-refractivity contribution in [1.29, 1.82) is 0 Å². The van der Waals surface area contributed by atoms with Crippen molar-refractivity contribution < 1.29 is 27.4 Å². The van der Waals surface area contributed by atoms with Crippen molar-refractivity contribution in [3.8, 4) is 11.5 Å². The van der Waals surface area contributed by atoms with Gasteiger partial charge in [-0.2, -0.15) is 0 Å². The number of carbonyl (C=O) groups excluding carboxylic acids is 1. The highest BCUT2D eigenvalue weighted by Gasteiger charge is 2.29. The van der Waals surface area contributed by atoms with Gasteiger partial charge in [0.2, 0.25) is 0 Å². The average Bonchev–Trinajstić information content (AvgIpc) is 2.66. The van der Waals surface area contributed by atoms with E-state index in [2.05, 4.69) is 4.74 Å². The van der Waals surface area contributed by atoms with Crippen molar-refractivity contribution in [3.05, 3.63) is 47.5 Å². The maximum atomic E-state index is 13.1. The highest BCUT2D eigenvalue weighted by Crippen LogP contribution is 2.34. The lowest BCUT2D eigenvalue weighted by Crippen LogP contribution is -2.36. The van der Waals surface area contributed by atoms with Crippen molar-refractivity contribution in [2.75, 3.05) is 31.2 Å². The number of hydrogen-bond acceptors (Lipinski definition) is 6. The molecule has 0 saturated carbocycles. The number of methoxy groups -OCH3 is 1. The van der Waals surface area contributed by atoms with Gasteiger partial charge < -0.3 is 14.2 Å². The molecule has 0 atom stereocenters. The molecule has 1 heterocycles. The van der Waals surface area contributed by atoms with Crippen molar-refractivity contribution in [3.63, 3.8) is 0 Å². The Kier molecular flexibility index (Phi) is 5.24. The number of esters is 1. The number of carbonyl (C=O) groups is 1. The Hall–Kier alpha value is -2.45. The summed E-state index contributed by atoms with van der Waals surface area (Å²) < 4.78 is 42.7. The first-order chi connectivity index (χ1) is 12.4. The minimum absolute atomic E-state index is 0.0272. The molecule has 0 fully saturated rings. The molecule has 0 spiro atoms. The SMILES string of the molecule is COC(=O)CN(c1ccc(Cl)cc1)S(=O)(=O)c1ccc2c(c1)OCCO2. The monoisotopic (exact) mass is 397 g/mol. The quantitative estimate of drug-likeness (QED) is 0.721. The van der Waals surface area contributed by atoms with E-state index in [1.54, 1.807) is 12.1 Å². The van der Waals surface area contributed by atoms with Crippen molar-refractivity contribution in [2.24, 2.45) is 0 Å². The Labute approximate surface area is 156 Å². The third-order valence-corrected chi connectivity index (χ3v) is 5.74. The van der Waals surface area contributed by atoms with Gasteiger partial charge >= 0.3 is 5.97 Å². The van der Waals surface area contributed by atoms with E-state index in [4.69, 9.17) is 21.1 Å². The standard InChI is InChI=1S/C17H16ClNO6S/c1-23-17(20)11-19(13-4-2-12(18)3-5-13)26(21,22)14-6-7-15-16(10-14)25-9-8-24-15/h2-7,10H,8-9,11H2,1H3. The molecule has 26 heavy (non-hydrogen) atoms. The molecule has 9 heteroatoms. The van der Waals surface area contributed by atoms with Gasteiger partial charge in [0.05, 0.1) is 17.7 Å². The maximum Gasteiger partial charge on any atom is 0.326 e. The van der Waals surface area contributed by atoms with Gasteiger partial charge in [0.1, 0.15) is 19.8 Å². The summed E-state index contributed by atoms with van der Waals surface area (Å²) in [7, 11) is -2.86. The molecule has 0 aliphatic carbocycles. The molecule has 2 aromatic rings. The lowest BCUT2D eigenvalue weighted by molar-refractivity contribution is -0.138. The third kappa shape index (κ3) is 3.71. The zero-order valence-corrected chi connectivity index (χ0v) is 15.4. The van der Waals surface area contributed by atoms with E-state index in [0.717, 1.165) is 4.31 Å². The van der Waals surface area contributed by atoms with Crippen LogP contribution in [0.15, 0.2) is 47.4 Å². The molecule has 0 saturated heterocycles. The molecule has 138 valence electrons. The molecule has 1 aliphatic rings. The highest BCUT2D eigenvalue weighted by atomic mass is 35.5. The Morgan fingerprint density at radius 1 is 1.12 bits per heavy atom. The molecule has 0 radical (unpaired) electrons. The summed E-state index contributed by atoms with van der Waals surface area (Å²) in [5, 5.41) is 0.448. The second-order valence-electron chi connectivity index (χ2n) is 5.37. The van der Waals surface area contributed by atoms with Crippen LogP contribution in [0.4, 0.5) is 5.69 Å². The molecule has 0 unspecified atom stereocenters. The smallest absolute Gasteiger partial charge is 0.326 e. The average molecular weight is 398 g/mol. The molecule has 0 amide bonds. The molecular formula is C17H16ClNO6S. The zero-order chi connectivity index (χ0) is 18.7. The fourth-order valence-electron chi connectivity index (χ4n) is 2.42. The van der Waals surface area contributed by atoms with E-state index >= 15 is 0 Å². The fourth-order valence-corrected chi connectivity index (χ4v) is 3.97. The van der Waals surface area contributed by atoms with E-state index < -0.39 is 22.5 Å². The van der Waals surface area contributed by atoms with Crippen LogP contribution >= 0.6 is 11.6 Å². The molecule has 7 nitrogen and oxygen atoms in total. The van der Waals surface area contributed by atoms with Gasteiger partial charge in [-0.05, 0) is 36.4 Å². The first-order valence-electron chi connectivity index (χ1n) is 7.66. The number of hydrogen-bond donors (Lipinski definition) is 0. The summed E-state index contributed by atoms with van der Waals surface area (Å²) in [6, 6.07) is 10.4. The molecule has 2 aromatic carbocycles. The van der Waals surface area contributed by atoms with E-state index in [9.17, 15) is 13.2 Å². The predicted molar refractivity (Wildman–Crippen MR) is 95.4 cm³/mol. The van der Waals surface area contributed by atoms with Crippen LogP contribution in [0.1, 0.15) is 0 Å². The first kappa shape index (κ1) is 18.3. The predicted octanol–water partition coefficient (Wildman–Crippen LogP) is 2.48. The van der Waals surface area contributed by atoms with Gasteiger partial charge in [-0.15, -0.1) is 0 Å². The second kappa shape index (κ2) is 7.43. The lowest BCUT2D eigenvalue weighted by atomic mass is 10.3. The fraction of sp³-hybridized carbons (Fsp3) is 0.235. The lowest BCUT2D eigenvalue weighted by Gasteiger charge is -2.24. The number of sulfonamides is 1. The van der Waals surface area contributed by atoms with E-state index in [-0.39, 0.29) is 10.6 Å². The second-order valence-corrected chi connectivity index (χ2v) is 7.67. The maximum absolute atomic E-state index is 13.1. The topological polar surface area (TPSA) is 82.1 Å². The van der Waals surface area contributed by atoms with Gasteiger partial charge in [0.25, 0.3) is 10.0 Å². The summed E-state index contributed by atoms with van der Waals surface area (Å²) in [5.41, 5.74) is 0.287. The summed E-state index contributed by atoms with van der Waals surface area (Å²) in [6.07, 6.45) is 0. The normalized spacial score (nSPS) is 13.2. The van der Waals surface area contributed by atoms with Gasteiger partial charge in [0.15, 0.2) is 11.5 Å². The van der Waals surface area contributed by atoms with E-state index in [0.29, 0.717) is 29.7 Å². The van der Waals surface area contributed by atoms with Crippen LogP contribution in [0, 0.1) is 0 Å². The summed E-state index contributed by atoms with van der Waals surface area (Å²) in [5.74, 6) is 0.119. The Balaban J connectivity index is 2.03. The summed E-state index contributed by atoms with van der Waals surface area (Å²) in [4.78, 5) is 11.7. The molecule has 0 N–H and O–H groups in total. The first-order valence-corrected chi connectivity index (χ1v) is 9.48. The van der Waals surface area contributed by atoms with Crippen LogP contribution in [0.3, 0.4) is 0 Å². The number of anilines is 1. The molecule has 0 bridgehead atoms. The van der Waals surface area contributed by atoms with Gasteiger partial charge in [-0.25, -0.2) is 8.42 Å². The molecule has 1 aliphatic heterocycles. The number of ether oxygens (including phenoxy) is 3. The van der Waals surface area contributed by atoms with Crippen LogP contribution in [0.2, 0.25) is 5.02 Å². The van der Waals surface area contributed by atoms with Crippen LogP contribution in [0.5, 0.6) is 11.5 Å². The van der Waals surface area contributed by atoms with Crippen LogP contribution < -0.4 is 13.8 Å². The number of nitrogens with zero attached hydrogens (tertiary/aromatic N) is 1. The number of benzene rings is 2. The van der Waals surface area contributed by atoms with Crippen LogP contribution in [0.25, 0.3) is 0 Å². The van der Waals surface area contributed by atoms with Crippen molar-refractivity contribution >= 4 is 33.3 Å². The van der Waals surface area contributed by atoms with E-state index in [1.165, 1.54) is 37.4 Å².